The van der Waals surface area contributed by atoms with E-state index in [2.05, 4.69) is 21.9 Å². The van der Waals surface area contributed by atoms with Gasteiger partial charge < -0.3 is 10.5 Å². The van der Waals surface area contributed by atoms with Crippen molar-refractivity contribution in [1.82, 2.24) is 0 Å². The van der Waals surface area contributed by atoms with E-state index in [1.807, 2.05) is 5.16 Å². The molecule has 0 atom stereocenters. The number of thiocarbonyl (C=S) groups is 1. The molecule has 1 amide bonds. The topological polar surface area (TPSA) is 64.7 Å². The lowest BCUT2D eigenvalue weighted by Gasteiger charge is -2.10. The van der Waals surface area contributed by atoms with Crippen molar-refractivity contribution in [1.29, 1.82) is 0 Å². The van der Waals surface area contributed by atoms with Gasteiger partial charge in [0.25, 0.3) is 0 Å². The van der Waals surface area contributed by atoms with Crippen molar-refractivity contribution in [3.63, 3.8) is 0 Å². The second kappa shape index (κ2) is 4.94. The highest BCUT2D eigenvalue weighted by atomic mass is 32.1. The fourth-order valence-corrected chi connectivity index (χ4v) is 1.12. The standard InChI is InChI=1S/C9H5F3N2O2S/c10-9(11,12)16-7-2-1-5(8(13)15)3-6(7)14-4-17/h1-3H,(H2,13,15). The summed E-state index contributed by atoms with van der Waals surface area (Å²) in [5, 5.41) is 1.89. The molecule has 0 radical (unpaired) electrons. The number of alkyl halides is 3. The Bertz CT molecular complexity index is 496. The number of nitrogens with zero attached hydrogens (tertiary/aromatic N) is 1. The molecule has 0 fully saturated rings. The van der Waals surface area contributed by atoms with Crippen molar-refractivity contribution in [3.05, 3.63) is 23.8 Å². The van der Waals surface area contributed by atoms with Crippen molar-refractivity contribution in [2.75, 3.05) is 0 Å². The maximum atomic E-state index is 12.0. The molecule has 0 unspecified atom stereocenters. The minimum absolute atomic E-state index is 0.0106. The van der Waals surface area contributed by atoms with Crippen LogP contribution in [-0.2, 0) is 0 Å². The van der Waals surface area contributed by atoms with Gasteiger partial charge in [-0.3, -0.25) is 4.79 Å². The molecular weight excluding hydrogens is 257 g/mol. The summed E-state index contributed by atoms with van der Waals surface area (Å²) >= 11 is 4.27. The summed E-state index contributed by atoms with van der Waals surface area (Å²) in [6.07, 6.45) is -4.86. The smallest absolute Gasteiger partial charge is 0.403 e. The minimum Gasteiger partial charge on any atom is -0.403 e. The third kappa shape index (κ3) is 3.86. The van der Waals surface area contributed by atoms with E-state index in [9.17, 15) is 18.0 Å². The molecule has 1 aromatic carbocycles. The number of hydrogen-bond donors (Lipinski definition) is 1. The summed E-state index contributed by atoms with van der Waals surface area (Å²) in [6.45, 7) is 0. The molecular formula is C9H5F3N2O2S. The predicted octanol–water partition coefficient (Wildman–Crippen LogP) is 2.42. The number of ether oxygens (including phenoxy) is 1. The first-order valence-corrected chi connectivity index (χ1v) is 4.52. The number of rotatable bonds is 3. The Balaban J connectivity index is 3.22. The van der Waals surface area contributed by atoms with Gasteiger partial charge in [0, 0.05) is 5.56 Å². The van der Waals surface area contributed by atoms with Gasteiger partial charge in [-0.15, -0.1) is 13.2 Å². The Hall–Kier alpha value is -1.92. The lowest BCUT2D eigenvalue weighted by molar-refractivity contribution is -0.274. The lowest BCUT2D eigenvalue weighted by atomic mass is 10.2. The lowest BCUT2D eigenvalue weighted by Crippen LogP contribution is -2.17. The summed E-state index contributed by atoms with van der Waals surface area (Å²) in [5.41, 5.74) is 4.69. The van der Waals surface area contributed by atoms with Crippen LogP contribution < -0.4 is 10.5 Å². The molecule has 0 heterocycles. The zero-order valence-corrected chi connectivity index (χ0v) is 8.93. The van der Waals surface area contributed by atoms with Crippen LogP contribution in [0.5, 0.6) is 5.75 Å². The summed E-state index contributed by atoms with van der Waals surface area (Å²) in [5.74, 6) is -1.38. The Morgan fingerprint density at radius 1 is 1.47 bits per heavy atom. The zero-order chi connectivity index (χ0) is 13.1. The molecule has 0 saturated heterocycles. The maximum absolute atomic E-state index is 12.0. The minimum atomic E-state index is -4.86. The number of hydrogen-bond acceptors (Lipinski definition) is 4. The van der Waals surface area contributed by atoms with Crippen LogP contribution in [-0.4, -0.2) is 17.4 Å². The number of amides is 1. The molecule has 0 aliphatic heterocycles. The number of primary amides is 1. The average molecular weight is 262 g/mol. The molecule has 1 rings (SSSR count). The van der Waals surface area contributed by atoms with E-state index < -0.39 is 18.0 Å². The number of aliphatic imine (C=N–C) groups is 1. The van der Waals surface area contributed by atoms with Crippen LogP contribution in [0.2, 0.25) is 0 Å². The summed E-state index contributed by atoms with van der Waals surface area (Å²) in [7, 11) is 0. The van der Waals surface area contributed by atoms with Crippen molar-refractivity contribution in [2.24, 2.45) is 10.7 Å². The summed E-state index contributed by atoms with van der Waals surface area (Å²) in [4.78, 5) is 14.2. The van der Waals surface area contributed by atoms with Crippen LogP contribution in [0, 0.1) is 0 Å². The van der Waals surface area contributed by atoms with Gasteiger partial charge in [-0.25, -0.2) is 0 Å². The number of benzene rings is 1. The van der Waals surface area contributed by atoms with Crippen molar-refractivity contribution in [3.8, 4) is 5.75 Å². The average Bonchev–Trinajstić information content (AvgIpc) is 2.18. The van der Waals surface area contributed by atoms with Crippen LogP contribution in [0.4, 0.5) is 18.9 Å². The highest BCUT2D eigenvalue weighted by Gasteiger charge is 2.32. The van der Waals surface area contributed by atoms with Crippen LogP contribution in [0.3, 0.4) is 0 Å². The van der Waals surface area contributed by atoms with Gasteiger partial charge in [-0.2, -0.15) is 4.99 Å². The summed E-state index contributed by atoms with van der Waals surface area (Å²) < 4.78 is 39.7. The molecule has 0 aromatic heterocycles. The van der Waals surface area contributed by atoms with Gasteiger partial charge in [0.15, 0.2) is 5.75 Å². The number of nitrogens with two attached hydrogens (primary N) is 1. The molecule has 4 nitrogen and oxygen atoms in total. The molecule has 17 heavy (non-hydrogen) atoms. The first-order chi connectivity index (χ1) is 7.83. The SMILES string of the molecule is NC(=O)c1ccc(OC(F)(F)F)c(N=C=S)c1. The van der Waals surface area contributed by atoms with E-state index in [1.165, 1.54) is 0 Å². The maximum Gasteiger partial charge on any atom is 0.573 e. The van der Waals surface area contributed by atoms with Crippen LogP contribution >= 0.6 is 12.2 Å². The van der Waals surface area contributed by atoms with Crippen LogP contribution in [0.25, 0.3) is 0 Å². The second-order valence-corrected chi connectivity index (χ2v) is 2.98. The second-order valence-electron chi connectivity index (χ2n) is 2.80. The zero-order valence-electron chi connectivity index (χ0n) is 8.12. The quantitative estimate of drug-likeness (QED) is 0.672. The predicted molar refractivity (Wildman–Crippen MR) is 56.3 cm³/mol. The van der Waals surface area contributed by atoms with Gasteiger partial charge in [0.2, 0.25) is 5.91 Å². The third-order valence-corrected chi connectivity index (χ3v) is 1.73. The first kappa shape index (κ1) is 13.1. The van der Waals surface area contributed by atoms with Gasteiger partial charge in [-0.1, -0.05) is 0 Å². The molecule has 2 N–H and O–H groups in total. The Labute approximate surface area is 98.9 Å². The monoisotopic (exact) mass is 262 g/mol. The highest BCUT2D eigenvalue weighted by molar-refractivity contribution is 7.78. The van der Waals surface area contributed by atoms with Gasteiger partial charge in [0.1, 0.15) is 5.69 Å². The normalized spacial score (nSPS) is 10.5. The van der Waals surface area contributed by atoms with Crippen molar-refractivity contribution < 1.29 is 22.7 Å². The fourth-order valence-electron chi connectivity index (χ4n) is 1.02. The number of halogens is 3. The largest absolute Gasteiger partial charge is 0.573 e. The number of carbonyl (C=O) groups excluding carboxylic acids is 1. The highest BCUT2D eigenvalue weighted by Crippen LogP contribution is 2.32. The molecule has 0 saturated carbocycles. The van der Waals surface area contributed by atoms with E-state index in [4.69, 9.17) is 5.73 Å². The number of isothiocyanates is 1. The molecule has 0 spiro atoms. The Kier molecular flexibility index (Phi) is 3.82. The van der Waals surface area contributed by atoms with Gasteiger partial charge >= 0.3 is 6.36 Å². The Morgan fingerprint density at radius 2 is 2.12 bits per heavy atom. The van der Waals surface area contributed by atoms with E-state index >= 15 is 0 Å². The first-order valence-electron chi connectivity index (χ1n) is 4.11. The molecule has 1 aromatic rings. The van der Waals surface area contributed by atoms with E-state index in [0.717, 1.165) is 18.2 Å². The molecule has 0 bridgehead atoms. The molecule has 90 valence electrons. The third-order valence-electron chi connectivity index (χ3n) is 1.64. The van der Waals surface area contributed by atoms with E-state index in [0.29, 0.717) is 0 Å². The van der Waals surface area contributed by atoms with Crippen molar-refractivity contribution in [2.45, 2.75) is 6.36 Å². The van der Waals surface area contributed by atoms with Gasteiger partial charge in [0.05, 0.1) is 5.16 Å². The molecule has 0 aliphatic carbocycles. The molecule has 0 aliphatic rings. The van der Waals surface area contributed by atoms with Crippen LogP contribution in [0.15, 0.2) is 23.2 Å². The number of carbonyl (C=O) groups is 1. The van der Waals surface area contributed by atoms with Gasteiger partial charge in [-0.05, 0) is 30.4 Å². The summed E-state index contributed by atoms with van der Waals surface area (Å²) in [6, 6.07) is 3.05. The van der Waals surface area contributed by atoms with E-state index in [1.54, 1.807) is 0 Å². The van der Waals surface area contributed by atoms with Crippen molar-refractivity contribution >= 4 is 29.0 Å². The molecule has 8 heteroatoms. The van der Waals surface area contributed by atoms with E-state index in [-0.39, 0.29) is 11.3 Å². The van der Waals surface area contributed by atoms with Crippen LogP contribution in [0.1, 0.15) is 10.4 Å². The fraction of sp³-hybridized carbons (Fsp3) is 0.111. The Morgan fingerprint density at radius 3 is 2.59 bits per heavy atom.